The molecule has 1 aromatic carbocycles. The Bertz CT molecular complexity index is 1190. The maximum Gasteiger partial charge on any atom is 0.408 e. The van der Waals surface area contributed by atoms with Crippen molar-refractivity contribution < 1.29 is 28.3 Å². The average Bonchev–Trinajstić information content (AvgIpc) is 3.20. The molecule has 2 aromatic rings. The monoisotopic (exact) mass is 543 g/mol. The van der Waals surface area contributed by atoms with Crippen LogP contribution in [0, 0.1) is 0 Å². The van der Waals surface area contributed by atoms with Gasteiger partial charge in [0.1, 0.15) is 23.1 Å². The Morgan fingerprint density at radius 1 is 1.24 bits per heavy atom. The van der Waals surface area contributed by atoms with Crippen molar-refractivity contribution in [2.75, 3.05) is 12.2 Å². The second kappa shape index (κ2) is 10.4. The Morgan fingerprint density at radius 2 is 1.89 bits per heavy atom. The summed E-state index contributed by atoms with van der Waals surface area (Å²) in [6, 6.07) is 7.28. The van der Waals surface area contributed by atoms with Crippen LogP contribution in [0.5, 0.6) is 5.75 Å². The predicted molar refractivity (Wildman–Crippen MR) is 147 cm³/mol. The van der Waals surface area contributed by atoms with E-state index < -0.39 is 26.1 Å². The molecule has 0 fully saturated rings. The predicted octanol–water partition coefficient (Wildman–Crippen LogP) is 4.82. The Morgan fingerprint density at radius 3 is 2.45 bits per heavy atom. The summed E-state index contributed by atoms with van der Waals surface area (Å²) in [5, 5.41) is 4.31. The summed E-state index contributed by atoms with van der Waals surface area (Å²) >= 11 is 0. The van der Waals surface area contributed by atoms with Gasteiger partial charge < -0.3 is 19.3 Å². The van der Waals surface area contributed by atoms with E-state index in [4.69, 9.17) is 14.0 Å². The number of rotatable bonds is 7. The highest BCUT2D eigenvalue weighted by Crippen LogP contribution is 2.49. The Hall–Kier alpha value is -2.85. The van der Waals surface area contributed by atoms with Crippen molar-refractivity contribution in [2.45, 2.75) is 103 Å². The van der Waals surface area contributed by atoms with Crippen molar-refractivity contribution in [3.8, 4) is 5.75 Å². The van der Waals surface area contributed by atoms with Gasteiger partial charge in [-0.1, -0.05) is 34.1 Å². The van der Waals surface area contributed by atoms with E-state index in [1.54, 1.807) is 27.9 Å². The highest BCUT2D eigenvalue weighted by Gasteiger charge is 2.60. The van der Waals surface area contributed by atoms with E-state index in [2.05, 4.69) is 67.6 Å². The fourth-order valence-corrected chi connectivity index (χ4v) is 11.2. The van der Waals surface area contributed by atoms with Crippen LogP contribution in [0.3, 0.4) is 0 Å². The van der Waals surface area contributed by atoms with Gasteiger partial charge in [0.2, 0.25) is 12.0 Å². The van der Waals surface area contributed by atoms with Crippen molar-refractivity contribution >= 4 is 26.1 Å². The van der Waals surface area contributed by atoms with E-state index in [1.807, 2.05) is 12.1 Å². The van der Waals surface area contributed by atoms with E-state index in [1.165, 1.54) is 5.06 Å². The van der Waals surface area contributed by atoms with Gasteiger partial charge in [0.05, 0.1) is 12.7 Å². The zero-order chi connectivity index (χ0) is 28.0. The third kappa shape index (κ3) is 4.95. The molecule has 10 heteroatoms. The van der Waals surface area contributed by atoms with Gasteiger partial charge in [-0.15, -0.1) is 9.36 Å². The van der Waals surface area contributed by atoms with Crippen LogP contribution < -0.4 is 19.8 Å². The fraction of sp³-hybridized carbons (Fsp3) is 0.607. The maximum absolute atomic E-state index is 13.9. The summed E-state index contributed by atoms with van der Waals surface area (Å²) in [6.45, 7) is 17.2. The van der Waals surface area contributed by atoms with Gasteiger partial charge in [0.15, 0.2) is 6.54 Å². The third-order valence-corrected chi connectivity index (χ3v) is 13.8. The number of ether oxygens (including phenoxy) is 2. The third-order valence-electron chi connectivity index (χ3n) is 7.95. The molecule has 3 heterocycles. The van der Waals surface area contributed by atoms with Crippen molar-refractivity contribution in [1.82, 2.24) is 10.00 Å². The van der Waals surface area contributed by atoms with E-state index in [0.29, 0.717) is 18.5 Å². The molecule has 9 nitrogen and oxygen atoms in total. The largest absolute Gasteiger partial charge is 0.497 e. The molecule has 0 bridgehead atoms. The lowest BCUT2D eigenvalue weighted by Crippen LogP contribution is -2.67. The van der Waals surface area contributed by atoms with Crippen molar-refractivity contribution in [3.63, 3.8) is 0 Å². The minimum Gasteiger partial charge on any atom is -0.497 e. The van der Waals surface area contributed by atoms with Gasteiger partial charge in [-0.2, -0.15) is 5.06 Å². The zero-order valence-corrected chi connectivity index (χ0v) is 25.2. The first-order chi connectivity index (χ1) is 17.8. The van der Waals surface area contributed by atoms with Gasteiger partial charge in [-0.25, -0.2) is 4.79 Å². The molecule has 1 N–H and O–H groups in total. The van der Waals surface area contributed by atoms with Gasteiger partial charge in [0, 0.05) is 12.0 Å². The number of alkyl carbamates (subject to hydrolysis) is 1. The molecule has 208 valence electrons. The molecule has 2 amide bonds. The van der Waals surface area contributed by atoms with Crippen LogP contribution in [0.2, 0.25) is 11.1 Å². The van der Waals surface area contributed by atoms with Gasteiger partial charge >= 0.3 is 6.09 Å². The standard InChI is InChI=1S/C28H42N4O5Si/c1-10-19(4)38(18(2)3)20(5)31-25-22(17-30(31)16-21-11-13-23(35-9)14-12-21)15-24(26(33)32(25)37-38)29-27(34)36-28(6,7)8/h11-14,17-20,24H,10,15-16H2,1-9H3/p+1. The number of hydrogen-bond acceptors (Lipinski definition) is 5. The van der Waals surface area contributed by atoms with E-state index in [9.17, 15) is 9.59 Å². The van der Waals surface area contributed by atoms with Crippen molar-refractivity contribution in [1.29, 1.82) is 0 Å². The summed E-state index contributed by atoms with van der Waals surface area (Å²) in [5.74, 6) is 1.32. The Labute approximate surface area is 227 Å². The number of anilines is 1. The molecule has 38 heavy (non-hydrogen) atoms. The molecule has 4 rings (SSSR count). The molecule has 0 aliphatic carbocycles. The zero-order valence-electron chi connectivity index (χ0n) is 24.2. The lowest BCUT2D eigenvalue weighted by Gasteiger charge is -2.49. The molecule has 0 saturated carbocycles. The number of carbonyl (C=O) groups is 2. The molecular formula is C28H43N4O5Si+. The summed E-state index contributed by atoms with van der Waals surface area (Å²) in [7, 11) is -0.923. The van der Waals surface area contributed by atoms with Crippen LogP contribution >= 0.6 is 0 Å². The number of nitrogens with zero attached hydrogens (tertiary/aromatic N) is 3. The molecule has 0 spiro atoms. The van der Waals surface area contributed by atoms with Crippen LogP contribution in [0.25, 0.3) is 0 Å². The first kappa shape index (κ1) is 28.2. The smallest absolute Gasteiger partial charge is 0.408 e. The summed E-state index contributed by atoms with van der Waals surface area (Å²) < 4.78 is 22.2. The molecule has 2 aliphatic heterocycles. The molecule has 1 aromatic heterocycles. The number of hydroxylamine groups is 1. The lowest BCUT2D eigenvalue weighted by molar-refractivity contribution is -0.768. The molecule has 4 unspecified atom stereocenters. The first-order valence-electron chi connectivity index (χ1n) is 13.6. The summed E-state index contributed by atoms with van der Waals surface area (Å²) in [4.78, 5) is 26.5. The van der Waals surface area contributed by atoms with Gasteiger partial charge in [0.25, 0.3) is 14.2 Å². The summed E-state index contributed by atoms with van der Waals surface area (Å²) in [6.07, 6.45) is 2.82. The number of amides is 2. The van der Waals surface area contributed by atoms with Crippen LogP contribution in [0.15, 0.2) is 30.5 Å². The normalized spacial score (nSPS) is 23.7. The highest BCUT2D eigenvalue weighted by molar-refractivity contribution is 6.77. The van der Waals surface area contributed by atoms with Crippen molar-refractivity contribution in [3.05, 3.63) is 41.6 Å². The van der Waals surface area contributed by atoms with Crippen LogP contribution in [-0.2, 0) is 27.0 Å². The topological polar surface area (TPSA) is 85.9 Å². The number of nitrogens with one attached hydrogen (secondary N) is 1. The van der Waals surface area contributed by atoms with Gasteiger partial charge in [-0.3, -0.25) is 4.79 Å². The lowest BCUT2D eigenvalue weighted by atomic mass is 10.0. The van der Waals surface area contributed by atoms with Crippen molar-refractivity contribution in [2.24, 2.45) is 0 Å². The fourth-order valence-electron chi connectivity index (χ4n) is 5.99. The Balaban J connectivity index is 1.80. The van der Waals surface area contributed by atoms with Crippen LogP contribution in [0.4, 0.5) is 10.6 Å². The van der Waals surface area contributed by atoms with E-state index >= 15 is 0 Å². The van der Waals surface area contributed by atoms with Gasteiger partial charge in [-0.05, 0) is 63.0 Å². The van der Waals surface area contributed by atoms with Crippen LogP contribution in [-0.4, -0.2) is 43.8 Å². The molecular weight excluding hydrogens is 500 g/mol. The second-order valence-corrected chi connectivity index (χ2v) is 16.8. The minimum atomic E-state index is -2.58. The number of carbonyl (C=O) groups excluding carboxylic acids is 2. The molecule has 2 aliphatic rings. The average molecular weight is 544 g/mol. The molecule has 0 radical (unpaired) electrons. The van der Waals surface area contributed by atoms with E-state index in [-0.39, 0.29) is 17.1 Å². The second-order valence-electron chi connectivity index (χ2n) is 11.9. The van der Waals surface area contributed by atoms with Crippen LogP contribution in [0.1, 0.15) is 78.6 Å². The SMILES string of the molecule is CCC(C)[Si]1(C(C)C)ON2C(=O)C(NC(=O)OC(C)(C)C)Cc3c[n+](Cc4ccc(OC)cc4)n(c32)C1C. The number of benzene rings is 1. The number of methoxy groups -OCH3 is 1. The number of hydrogen-bond donors (Lipinski definition) is 1. The first-order valence-corrected chi connectivity index (χ1v) is 15.8. The number of aromatic nitrogens is 2. The molecule has 0 saturated heterocycles. The van der Waals surface area contributed by atoms with E-state index in [0.717, 1.165) is 29.1 Å². The Kier molecular flexibility index (Phi) is 7.69. The molecule has 4 atom stereocenters. The maximum atomic E-state index is 13.9. The summed E-state index contributed by atoms with van der Waals surface area (Å²) in [5.41, 5.74) is 2.08. The highest BCUT2D eigenvalue weighted by atomic mass is 28.4. The minimum absolute atomic E-state index is 0.0962. The quantitative estimate of drug-likeness (QED) is 0.400.